The smallest absolute Gasteiger partial charge is 0.0668 e. The molecular formula is C12H12ClN. The molecule has 1 aliphatic heterocycles. The van der Waals surface area contributed by atoms with Crippen LogP contribution in [0.2, 0.25) is 0 Å². The van der Waals surface area contributed by atoms with E-state index in [0.717, 1.165) is 11.4 Å². The lowest BCUT2D eigenvalue weighted by molar-refractivity contribution is 1.02. The van der Waals surface area contributed by atoms with Crippen molar-refractivity contribution in [1.82, 2.24) is 0 Å². The predicted octanol–water partition coefficient (Wildman–Crippen LogP) is 3.36. The van der Waals surface area contributed by atoms with Crippen LogP contribution >= 0.6 is 11.6 Å². The molecule has 0 fully saturated rings. The van der Waals surface area contributed by atoms with Crippen LogP contribution in [0.15, 0.2) is 41.4 Å². The Hall–Kier alpha value is -1.08. The standard InChI is InChI=1S/C12H12ClN/c1-9-7-11(14-12(9)8-13)10-5-3-2-4-6-10/h2-7,9H,8H2,1H3. The molecule has 1 atom stereocenters. The summed E-state index contributed by atoms with van der Waals surface area (Å²) < 4.78 is 0. The highest BCUT2D eigenvalue weighted by atomic mass is 35.5. The lowest BCUT2D eigenvalue weighted by Crippen LogP contribution is -2.05. The first-order valence-electron chi connectivity index (χ1n) is 4.72. The van der Waals surface area contributed by atoms with Gasteiger partial charge in [0.25, 0.3) is 0 Å². The van der Waals surface area contributed by atoms with Gasteiger partial charge in [0.15, 0.2) is 0 Å². The van der Waals surface area contributed by atoms with Crippen molar-refractivity contribution in [3.05, 3.63) is 42.0 Å². The number of nitrogens with zero attached hydrogens (tertiary/aromatic N) is 1. The van der Waals surface area contributed by atoms with Crippen molar-refractivity contribution in [3.63, 3.8) is 0 Å². The molecule has 1 aromatic rings. The highest BCUT2D eigenvalue weighted by Gasteiger charge is 2.16. The molecule has 1 aliphatic rings. The van der Waals surface area contributed by atoms with Gasteiger partial charge in [0.2, 0.25) is 0 Å². The minimum Gasteiger partial charge on any atom is -0.256 e. The fourth-order valence-electron chi connectivity index (χ4n) is 1.55. The van der Waals surface area contributed by atoms with E-state index in [1.54, 1.807) is 0 Å². The van der Waals surface area contributed by atoms with Crippen LogP contribution in [0, 0.1) is 5.92 Å². The fourth-order valence-corrected chi connectivity index (χ4v) is 1.85. The number of benzene rings is 1. The van der Waals surface area contributed by atoms with Crippen LogP contribution in [0.5, 0.6) is 0 Å². The Labute approximate surface area is 89.1 Å². The van der Waals surface area contributed by atoms with Crippen LogP contribution in [0.3, 0.4) is 0 Å². The van der Waals surface area contributed by atoms with Gasteiger partial charge in [-0.3, -0.25) is 4.99 Å². The third-order valence-corrected chi connectivity index (χ3v) is 2.68. The monoisotopic (exact) mass is 205 g/mol. The average molecular weight is 206 g/mol. The molecule has 1 nitrogen and oxygen atoms in total. The first kappa shape index (κ1) is 9.47. The Bertz CT molecular complexity index is 379. The number of aliphatic imine (C=N–C) groups is 1. The summed E-state index contributed by atoms with van der Waals surface area (Å²) in [7, 11) is 0. The van der Waals surface area contributed by atoms with Crippen LogP contribution < -0.4 is 0 Å². The van der Waals surface area contributed by atoms with Gasteiger partial charge >= 0.3 is 0 Å². The number of hydrogen-bond acceptors (Lipinski definition) is 1. The van der Waals surface area contributed by atoms with Gasteiger partial charge in [0, 0.05) is 11.6 Å². The summed E-state index contributed by atoms with van der Waals surface area (Å²) in [4.78, 5) is 4.50. The molecule has 2 rings (SSSR count). The van der Waals surface area contributed by atoms with Crippen LogP contribution in [0.4, 0.5) is 0 Å². The highest BCUT2D eigenvalue weighted by molar-refractivity contribution is 6.30. The van der Waals surface area contributed by atoms with Gasteiger partial charge in [0.05, 0.1) is 11.6 Å². The van der Waals surface area contributed by atoms with Gasteiger partial charge in [-0.2, -0.15) is 0 Å². The lowest BCUT2D eigenvalue weighted by Gasteiger charge is -1.98. The van der Waals surface area contributed by atoms with E-state index in [1.165, 1.54) is 5.56 Å². The maximum absolute atomic E-state index is 5.79. The van der Waals surface area contributed by atoms with Gasteiger partial charge in [-0.15, -0.1) is 11.6 Å². The molecular weight excluding hydrogens is 194 g/mol. The number of allylic oxidation sites excluding steroid dienone is 1. The van der Waals surface area contributed by atoms with Gasteiger partial charge in [-0.05, 0) is 11.6 Å². The van der Waals surface area contributed by atoms with E-state index in [2.05, 4.69) is 30.1 Å². The van der Waals surface area contributed by atoms with Crippen molar-refractivity contribution < 1.29 is 0 Å². The van der Waals surface area contributed by atoms with Crippen molar-refractivity contribution in [1.29, 1.82) is 0 Å². The lowest BCUT2D eigenvalue weighted by atomic mass is 10.1. The first-order chi connectivity index (χ1) is 6.81. The van der Waals surface area contributed by atoms with E-state index in [4.69, 9.17) is 11.6 Å². The summed E-state index contributed by atoms with van der Waals surface area (Å²) in [5, 5.41) is 0. The number of hydrogen-bond donors (Lipinski definition) is 0. The van der Waals surface area contributed by atoms with E-state index in [-0.39, 0.29) is 0 Å². The topological polar surface area (TPSA) is 12.4 Å². The molecule has 0 saturated carbocycles. The average Bonchev–Trinajstić information content (AvgIpc) is 2.61. The molecule has 0 aromatic heterocycles. The summed E-state index contributed by atoms with van der Waals surface area (Å²) in [6.07, 6.45) is 2.16. The molecule has 1 unspecified atom stereocenters. The molecule has 0 aliphatic carbocycles. The molecule has 1 aromatic carbocycles. The van der Waals surface area contributed by atoms with Gasteiger partial charge in [0.1, 0.15) is 0 Å². The summed E-state index contributed by atoms with van der Waals surface area (Å²) in [6, 6.07) is 10.2. The summed E-state index contributed by atoms with van der Waals surface area (Å²) in [5.74, 6) is 0.899. The third-order valence-electron chi connectivity index (χ3n) is 2.40. The molecule has 72 valence electrons. The van der Waals surface area contributed by atoms with Crippen molar-refractivity contribution >= 4 is 23.0 Å². The molecule has 2 heteroatoms. The van der Waals surface area contributed by atoms with E-state index >= 15 is 0 Å². The zero-order valence-corrected chi connectivity index (χ0v) is 8.83. The highest BCUT2D eigenvalue weighted by Crippen LogP contribution is 2.25. The Kier molecular flexibility index (Phi) is 2.69. The number of rotatable bonds is 2. The first-order valence-corrected chi connectivity index (χ1v) is 5.25. The molecule has 0 saturated heterocycles. The summed E-state index contributed by atoms with van der Waals surface area (Å²) in [6.45, 7) is 2.12. The minimum atomic E-state index is 0.378. The van der Waals surface area contributed by atoms with Crippen LogP contribution in [0.1, 0.15) is 12.5 Å². The van der Waals surface area contributed by atoms with Crippen molar-refractivity contribution in [2.75, 3.05) is 5.88 Å². The molecule has 1 heterocycles. The minimum absolute atomic E-state index is 0.378. The van der Waals surface area contributed by atoms with Gasteiger partial charge in [-0.1, -0.05) is 37.3 Å². The molecule has 0 N–H and O–H groups in total. The van der Waals surface area contributed by atoms with Crippen molar-refractivity contribution in [2.24, 2.45) is 10.9 Å². The normalized spacial score (nSPS) is 20.6. The number of halogens is 1. The van der Waals surface area contributed by atoms with Crippen LogP contribution in [0.25, 0.3) is 5.70 Å². The zero-order chi connectivity index (χ0) is 9.97. The van der Waals surface area contributed by atoms with E-state index in [0.29, 0.717) is 11.8 Å². The van der Waals surface area contributed by atoms with Gasteiger partial charge < -0.3 is 0 Å². The Morgan fingerprint density at radius 2 is 2.00 bits per heavy atom. The van der Waals surface area contributed by atoms with Gasteiger partial charge in [-0.25, -0.2) is 0 Å². The molecule has 0 spiro atoms. The van der Waals surface area contributed by atoms with E-state index in [1.807, 2.05) is 18.2 Å². The summed E-state index contributed by atoms with van der Waals surface area (Å²) >= 11 is 5.79. The summed E-state index contributed by atoms with van der Waals surface area (Å²) in [5.41, 5.74) is 3.28. The Balaban J connectivity index is 2.31. The molecule has 14 heavy (non-hydrogen) atoms. The second-order valence-corrected chi connectivity index (χ2v) is 3.71. The Morgan fingerprint density at radius 1 is 1.29 bits per heavy atom. The number of alkyl halides is 1. The maximum atomic E-state index is 5.79. The predicted molar refractivity (Wildman–Crippen MR) is 61.7 cm³/mol. The van der Waals surface area contributed by atoms with Crippen molar-refractivity contribution in [2.45, 2.75) is 6.92 Å². The second kappa shape index (κ2) is 3.97. The molecule has 0 bridgehead atoms. The van der Waals surface area contributed by atoms with Crippen LogP contribution in [-0.2, 0) is 0 Å². The second-order valence-electron chi connectivity index (χ2n) is 3.44. The quantitative estimate of drug-likeness (QED) is 0.657. The molecule has 0 amide bonds. The zero-order valence-electron chi connectivity index (χ0n) is 8.07. The fraction of sp³-hybridized carbons (Fsp3) is 0.250. The molecule has 0 radical (unpaired) electrons. The Morgan fingerprint density at radius 3 is 2.57 bits per heavy atom. The SMILES string of the molecule is CC1C=C(c2ccccc2)N=C1CCl. The third kappa shape index (κ3) is 1.73. The van der Waals surface area contributed by atoms with Crippen molar-refractivity contribution in [3.8, 4) is 0 Å². The maximum Gasteiger partial charge on any atom is 0.0668 e. The van der Waals surface area contributed by atoms with E-state index in [9.17, 15) is 0 Å². The van der Waals surface area contributed by atoms with E-state index < -0.39 is 0 Å². The van der Waals surface area contributed by atoms with Crippen LogP contribution in [-0.4, -0.2) is 11.6 Å². The largest absolute Gasteiger partial charge is 0.256 e.